The van der Waals surface area contributed by atoms with Crippen LogP contribution in [0.4, 0.5) is 0 Å². The van der Waals surface area contributed by atoms with Gasteiger partial charge in [0.2, 0.25) is 0 Å². The number of hydrogen-bond donors (Lipinski definition) is 1. The molecule has 0 spiro atoms. The molecule has 1 atom stereocenters. The zero-order valence-electron chi connectivity index (χ0n) is 11.7. The average molecular weight is 250 g/mol. The maximum absolute atomic E-state index is 5.55. The third kappa shape index (κ3) is 3.15. The van der Waals surface area contributed by atoms with Crippen molar-refractivity contribution in [2.24, 2.45) is 5.92 Å². The fourth-order valence-electron chi connectivity index (χ4n) is 2.82. The zero-order chi connectivity index (χ0) is 13.0. The first-order valence-corrected chi connectivity index (χ1v) is 6.79. The van der Waals surface area contributed by atoms with Gasteiger partial charge in [-0.2, -0.15) is 0 Å². The van der Waals surface area contributed by atoms with Crippen LogP contribution >= 0.6 is 0 Å². The summed E-state index contributed by atoms with van der Waals surface area (Å²) in [5.74, 6) is 1.74. The smallest absolute Gasteiger partial charge is 0.126 e. The number of piperidine rings is 1. The number of hydrogen-bond acceptors (Lipinski definition) is 3. The van der Waals surface area contributed by atoms with Crippen LogP contribution in [0.5, 0.6) is 0 Å². The predicted octanol–water partition coefficient (Wildman–Crippen LogP) is 2.80. The van der Waals surface area contributed by atoms with Gasteiger partial charge in [-0.05, 0) is 62.4 Å². The molecular weight excluding hydrogens is 226 g/mol. The minimum absolute atomic E-state index is 0.728. The maximum Gasteiger partial charge on any atom is 0.126 e. The monoisotopic (exact) mass is 250 g/mol. The summed E-state index contributed by atoms with van der Waals surface area (Å²) in [6.07, 6.45) is 7.84. The van der Waals surface area contributed by atoms with E-state index in [1.165, 1.54) is 30.5 Å². The van der Waals surface area contributed by atoms with Gasteiger partial charge in [-0.15, -0.1) is 0 Å². The molecule has 0 saturated carbocycles. The number of ether oxygens (including phenoxy) is 2. The molecule has 2 aliphatic rings. The Kier molecular flexibility index (Phi) is 4.84. The van der Waals surface area contributed by atoms with E-state index in [2.05, 4.69) is 18.3 Å². The van der Waals surface area contributed by atoms with Gasteiger partial charge in [0.25, 0.3) is 0 Å². The highest BCUT2D eigenvalue weighted by molar-refractivity contribution is 5.38. The van der Waals surface area contributed by atoms with Gasteiger partial charge in [0.05, 0.1) is 7.11 Å². The summed E-state index contributed by atoms with van der Waals surface area (Å²) in [5.41, 5.74) is 2.56. The van der Waals surface area contributed by atoms with Crippen LogP contribution < -0.4 is 5.32 Å². The molecule has 3 heteroatoms. The van der Waals surface area contributed by atoms with Crippen LogP contribution in [-0.4, -0.2) is 27.3 Å². The molecule has 1 aliphatic heterocycles. The molecule has 0 unspecified atom stereocenters. The van der Waals surface area contributed by atoms with Gasteiger partial charge >= 0.3 is 0 Å². The first-order chi connectivity index (χ1) is 8.74. The number of rotatable bonds is 4. The average Bonchev–Trinajstić information content (AvgIpc) is 2.41. The summed E-state index contributed by atoms with van der Waals surface area (Å²) in [4.78, 5) is 0. The predicted molar refractivity (Wildman–Crippen MR) is 72.9 cm³/mol. The van der Waals surface area contributed by atoms with Crippen LogP contribution in [0.2, 0.25) is 0 Å². The van der Waals surface area contributed by atoms with Crippen molar-refractivity contribution < 1.29 is 9.47 Å². The van der Waals surface area contributed by atoms with E-state index >= 15 is 0 Å². The van der Waals surface area contributed by atoms with E-state index in [1.807, 2.05) is 0 Å². The Morgan fingerprint density at radius 2 is 2.17 bits per heavy atom. The molecule has 18 heavy (non-hydrogen) atoms. The Hall–Kier alpha value is -0.800. The lowest BCUT2D eigenvalue weighted by Crippen LogP contribution is -2.30. The second kappa shape index (κ2) is 6.39. The SMILES string of the molecule is CO[C]1CC(C)=C(OC)C=C1C[C@H]1CCCNC1. The quantitative estimate of drug-likeness (QED) is 0.832. The molecule has 2 rings (SSSR count). The van der Waals surface area contributed by atoms with Crippen LogP contribution in [-0.2, 0) is 9.47 Å². The van der Waals surface area contributed by atoms with Crippen molar-refractivity contribution >= 4 is 0 Å². The third-order valence-corrected chi connectivity index (χ3v) is 3.88. The Morgan fingerprint density at radius 3 is 2.78 bits per heavy atom. The van der Waals surface area contributed by atoms with Gasteiger partial charge in [-0.3, -0.25) is 0 Å². The molecule has 1 saturated heterocycles. The van der Waals surface area contributed by atoms with E-state index in [9.17, 15) is 0 Å². The van der Waals surface area contributed by atoms with E-state index in [0.717, 1.165) is 37.2 Å². The Morgan fingerprint density at radius 1 is 1.33 bits per heavy atom. The van der Waals surface area contributed by atoms with Crippen LogP contribution in [0.15, 0.2) is 23.0 Å². The van der Waals surface area contributed by atoms with Crippen molar-refractivity contribution in [3.8, 4) is 0 Å². The lowest BCUT2D eigenvalue weighted by molar-refractivity contribution is 0.205. The van der Waals surface area contributed by atoms with Crippen molar-refractivity contribution in [3.05, 3.63) is 29.1 Å². The summed E-state index contributed by atoms with van der Waals surface area (Å²) in [5, 5.41) is 3.47. The second-order valence-corrected chi connectivity index (χ2v) is 5.24. The maximum atomic E-state index is 5.55. The van der Waals surface area contributed by atoms with Gasteiger partial charge in [0.1, 0.15) is 11.9 Å². The van der Waals surface area contributed by atoms with Crippen molar-refractivity contribution in [2.75, 3.05) is 27.3 Å². The second-order valence-electron chi connectivity index (χ2n) is 5.24. The van der Waals surface area contributed by atoms with Crippen molar-refractivity contribution in [1.29, 1.82) is 0 Å². The van der Waals surface area contributed by atoms with Crippen LogP contribution in [0.3, 0.4) is 0 Å². The number of methoxy groups -OCH3 is 2. The van der Waals surface area contributed by atoms with Crippen molar-refractivity contribution in [2.45, 2.75) is 32.6 Å². The lowest BCUT2D eigenvalue weighted by atomic mass is 9.85. The highest BCUT2D eigenvalue weighted by atomic mass is 16.5. The van der Waals surface area contributed by atoms with Crippen molar-refractivity contribution in [1.82, 2.24) is 5.32 Å². The first kappa shape index (κ1) is 13.6. The van der Waals surface area contributed by atoms with E-state index in [1.54, 1.807) is 14.2 Å². The minimum atomic E-state index is 0.728. The summed E-state index contributed by atoms with van der Waals surface area (Å²) in [6, 6.07) is 0. The molecule has 1 aliphatic carbocycles. The molecule has 1 fully saturated rings. The van der Waals surface area contributed by atoms with E-state index < -0.39 is 0 Å². The van der Waals surface area contributed by atoms with Crippen LogP contribution in [0, 0.1) is 12.0 Å². The van der Waals surface area contributed by atoms with E-state index in [0.29, 0.717) is 0 Å². The molecule has 3 nitrogen and oxygen atoms in total. The number of allylic oxidation sites excluding steroid dienone is 1. The highest BCUT2D eigenvalue weighted by Crippen LogP contribution is 2.35. The van der Waals surface area contributed by atoms with Gasteiger partial charge in [0, 0.05) is 13.5 Å². The molecule has 0 aromatic heterocycles. The molecule has 0 aromatic carbocycles. The lowest BCUT2D eigenvalue weighted by Gasteiger charge is -2.29. The Balaban J connectivity index is 2.06. The van der Waals surface area contributed by atoms with E-state index in [4.69, 9.17) is 9.47 Å². The third-order valence-electron chi connectivity index (χ3n) is 3.88. The molecule has 1 radical (unpaired) electrons. The number of nitrogens with one attached hydrogen (secondary N) is 1. The van der Waals surface area contributed by atoms with Gasteiger partial charge < -0.3 is 14.8 Å². The Labute approximate surface area is 110 Å². The topological polar surface area (TPSA) is 30.5 Å². The molecular formula is C15H24NO2. The minimum Gasteiger partial charge on any atom is -0.497 e. The first-order valence-electron chi connectivity index (χ1n) is 6.79. The fourth-order valence-corrected chi connectivity index (χ4v) is 2.82. The molecule has 0 amide bonds. The molecule has 1 N–H and O–H groups in total. The van der Waals surface area contributed by atoms with Crippen molar-refractivity contribution in [3.63, 3.8) is 0 Å². The molecule has 0 aromatic rings. The summed E-state index contributed by atoms with van der Waals surface area (Å²) in [6.45, 7) is 4.39. The van der Waals surface area contributed by atoms with Crippen LogP contribution in [0.1, 0.15) is 32.6 Å². The zero-order valence-corrected chi connectivity index (χ0v) is 11.7. The summed E-state index contributed by atoms with van der Waals surface area (Å²) in [7, 11) is 3.51. The van der Waals surface area contributed by atoms with Crippen LogP contribution in [0.25, 0.3) is 0 Å². The fraction of sp³-hybridized carbons (Fsp3) is 0.667. The highest BCUT2D eigenvalue weighted by Gasteiger charge is 2.25. The van der Waals surface area contributed by atoms with Gasteiger partial charge in [-0.25, -0.2) is 0 Å². The molecule has 1 heterocycles. The normalized spacial score (nSPS) is 26.2. The van der Waals surface area contributed by atoms with E-state index in [-0.39, 0.29) is 0 Å². The molecule has 0 bridgehead atoms. The summed E-state index contributed by atoms with van der Waals surface area (Å²) >= 11 is 0. The summed E-state index contributed by atoms with van der Waals surface area (Å²) < 4.78 is 11.0. The van der Waals surface area contributed by atoms with Gasteiger partial charge in [-0.1, -0.05) is 0 Å². The molecule has 101 valence electrons. The standard InChI is InChI=1S/C15H24NO2/c1-11-7-15(18-3)13(9-14(11)17-2)8-12-5-4-6-16-10-12/h9,12,16H,4-8,10H2,1-3H3/t12-/m1/s1. The Bertz CT molecular complexity index is 340. The largest absolute Gasteiger partial charge is 0.497 e. The van der Waals surface area contributed by atoms with Gasteiger partial charge in [0.15, 0.2) is 0 Å².